The number of benzene rings is 1. The normalized spacial score (nSPS) is 16.5. The molecule has 1 amide bonds. The number of piperidine rings is 1. The van der Waals surface area contributed by atoms with Crippen LogP contribution in [0, 0.1) is 16.0 Å². The topological polar surface area (TPSA) is 124 Å². The standard InChI is InChI=1S/C20H22N4O6S3/c1-30-11-10-23-16-13-15(24(26)27)4-5-17(16)32-20(23)21-19(25)14-6-8-22(9-7-14)33(28,29)18-3-2-12-31-18/h2-5,12-14H,6-11H2,1H3. The number of fused-ring (bicyclic) bond motifs is 1. The molecule has 0 aliphatic carbocycles. The summed E-state index contributed by atoms with van der Waals surface area (Å²) in [6.07, 6.45) is 0.781. The largest absolute Gasteiger partial charge is 0.383 e. The number of nitro benzene ring substituents is 1. The number of ether oxygens (including phenoxy) is 1. The highest BCUT2D eigenvalue weighted by molar-refractivity contribution is 7.91. The van der Waals surface area contributed by atoms with Crippen molar-refractivity contribution in [3.8, 4) is 0 Å². The maximum Gasteiger partial charge on any atom is 0.271 e. The third kappa shape index (κ3) is 4.92. The first kappa shape index (κ1) is 23.7. The Bertz CT molecular complexity index is 1340. The van der Waals surface area contributed by atoms with Gasteiger partial charge in [-0.15, -0.1) is 11.3 Å². The molecule has 0 atom stereocenters. The predicted octanol–water partition coefficient (Wildman–Crippen LogP) is 2.85. The van der Waals surface area contributed by atoms with Crippen molar-refractivity contribution in [1.29, 1.82) is 0 Å². The van der Waals surface area contributed by atoms with Gasteiger partial charge in [0, 0.05) is 44.8 Å². The molecule has 1 saturated heterocycles. The smallest absolute Gasteiger partial charge is 0.271 e. The van der Waals surface area contributed by atoms with E-state index in [2.05, 4.69) is 4.99 Å². The Morgan fingerprint density at radius 1 is 1.30 bits per heavy atom. The fraction of sp³-hybridized carbons (Fsp3) is 0.400. The summed E-state index contributed by atoms with van der Waals surface area (Å²) in [6, 6.07) is 7.83. The fourth-order valence-electron chi connectivity index (χ4n) is 3.72. The van der Waals surface area contributed by atoms with Gasteiger partial charge in [0.15, 0.2) is 4.80 Å². The Labute approximate surface area is 198 Å². The van der Waals surface area contributed by atoms with E-state index in [4.69, 9.17) is 4.74 Å². The number of hydrogen-bond donors (Lipinski definition) is 0. The highest BCUT2D eigenvalue weighted by Crippen LogP contribution is 2.27. The quantitative estimate of drug-likeness (QED) is 0.356. The number of rotatable bonds is 7. The minimum atomic E-state index is -3.53. The number of thiazole rings is 1. The maximum atomic E-state index is 13.0. The van der Waals surface area contributed by atoms with Crippen molar-refractivity contribution in [2.45, 2.75) is 23.6 Å². The molecule has 33 heavy (non-hydrogen) atoms. The van der Waals surface area contributed by atoms with Crippen molar-refractivity contribution >= 4 is 54.5 Å². The number of aromatic nitrogens is 1. The van der Waals surface area contributed by atoms with Gasteiger partial charge in [-0.05, 0) is 30.4 Å². The molecule has 0 bridgehead atoms. The Morgan fingerprint density at radius 3 is 2.70 bits per heavy atom. The van der Waals surface area contributed by atoms with E-state index in [9.17, 15) is 23.3 Å². The molecule has 13 heteroatoms. The molecule has 0 spiro atoms. The van der Waals surface area contributed by atoms with Crippen molar-refractivity contribution in [2.24, 2.45) is 10.9 Å². The van der Waals surface area contributed by atoms with E-state index in [0.29, 0.717) is 40.5 Å². The van der Waals surface area contributed by atoms with Crippen LogP contribution < -0.4 is 4.80 Å². The van der Waals surface area contributed by atoms with Gasteiger partial charge in [-0.2, -0.15) is 9.30 Å². The van der Waals surface area contributed by atoms with Gasteiger partial charge in [-0.3, -0.25) is 14.9 Å². The van der Waals surface area contributed by atoms with E-state index in [1.807, 2.05) is 0 Å². The molecule has 10 nitrogen and oxygen atoms in total. The Balaban J connectivity index is 1.57. The minimum absolute atomic E-state index is 0.0383. The van der Waals surface area contributed by atoms with Gasteiger partial charge in [0.25, 0.3) is 21.6 Å². The number of sulfonamides is 1. The zero-order valence-corrected chi connectivity index (χ0v) is 20.2. The lowest BCUT2D eigenvalue weighted by Crippen LogP contribution is -2.40. The second kappa shape index (κ2) is 9.81. The minimum Gasteiger partial charge on any atom is -0.383 e. The maximum absolute atomic E-state index is 13.0. The molecular formula is C20H22N4O6S3. The van der Waals surface area contributed by atoms with Gasteiger partial charge < -0.3 is 9.30 Å². The summed E-state index contributed by atoms with van der Waals surface area (Å²) in [6.45, 7) is 1.26. The van der Waals surface area contributed by atoms with E-state index in [1.54, 1.807) is 35.3 Å². The molecule has 3 heterocycles. The second-order valence-corrected chi connectivity index (χ2v) is 11.6. The summed E-state index contributed by atoms with van der Waals surface area (Å²) in [4.78, 5) is 28.5. The summed E-state index contributed by atoms with van der Waals surface area (Å²) < 4.78 is 34.8. The number of thiophene rings is 1. The molecule has 0 saturated carbocycles. The number of nitrogens with zero attached hydrogens (tertiary/aromatic N) is 4. The number of nitro groups is 1. The summed E-state index contributed by atoms with van der Waals surface area (Å²) in [7, 11) is -1.98. The van der Waals surface area contributed by atoms with Crippen molar-refractivity contribution in [3.05, 3.63) is 50.6 Å². The highest BCUT2D eigenvalue weighted by Gasteiger charge is 2.32. The highest BCUT2D eigenvalue weighted by atomic mass is 32.2. The third-order valence-corrected chi connectivity index (χ3v) is 9.82. The fourth-order valence-corrected chi connectivity index (χ4v) is 7.38. The van der Waals surface area contributed by atoms with Crippen LogP contribution in [0.25, 0.3) is 10.2 Å². The van der Waals surface area contributed by atoms with Crippen LogP contribution in [0.5, 0.6) is 0 Å². The first-order chi connectivity index (χ1) is 15.8. The van der Waals surface area contributed by atoms with E-state index >= 15 is 0 Å². The molecule has 1 aromatic carbocycles. The van der Waals surface area contributed by atoms with Gasteiger partial charge in [0.1, 0.15) is 4.21 Å². The number of methoxy groups -OCH3 is 1. The zero-order valence-electron chi connectivity index (χ0n) is 17.7. The van der Waals surface area contributed by atoms with Crippen LogP contribution in [0.15, 0.2) is 44.9 Å². The summed E-state index contributed by atoms with van der Waals surface area (Å²) in [5.41, 5.74) is 0.582. The van der Waals surface area contributed by atoms with Crippen molar-refractivity contribution in [3.63, 3.8) is 0 Å². The lowest BCUT2D eigenvalue weighted by molar-refractivity contribution is -0.384. The summed E-state index contributed by atoms with van der Waals surface area (Å²) >= 11 is 2.46. The monoisotopic (exact) mass is 510 g/mol. The first-order valence-corrected chi connectivity index (χ1v) is 13.3. The van der Waals surface area contributed by atoms with Crippen molar-refractivity contribution < 1.29 is 22.9 Å². The predicted molar refractivity (Wildman–Crippen MR) is 125 cm³/mol. The van der Waals surface area contributed by atoms with Crippen LogP contribution in [0.4, 0.5) is 5.69 Å². The SMILES string of the molecule is COCCn1c(=NC(=O)C2CCN(S(=O)(=O)c3cccs3)CC2)sc2ccc([N+](=O)[O-])cc21. The Morgan fingerprint density at radius 2 is 2.06 bits per heavy atom. The van der Waals surface area contributed by atoms with Crippen LogP contribution in [0.3, 0.4) is 0 Å². The van der Waals surface area contributed by atoms with Gasteiger partial charge in [-0.25, -0.2) is 8.42 Å². The Kier molecular flexibility index (Phi) is 7.05. The number of carbonyl (C=O) groups excluding carboxylic acids is 1. The number of amides is 1. The van der Waals surface area contributed by atoms with Crippen molar-refractivity contribution in [1.82, 2.24) is 8.87 Å². The van der Waals surface area contributed by atoms with Gasteiger partial charge in [0.2, 0.25) is 0 Å². The van der Waals surface area contributed by atoms with E-state index < -0.39 is 14.9 Å². The van der Waals surface area contributed by atoms with E-state index in [-0.39, 0.29) is 30.6 Å². The molecule has 176 valence electrons. The third-order valence-electron chi connectivity index (χ3n) is 5.49. The summed E-state index contributed by atoms with van der Waals surface area (Å²) in [5, 5.41) is 12.9. The average Bonchev–Trinajstić information content (AvgIpc) is 3.46. The molecule has 0 radical (unpaired) electrons. The molecule has 1 aliphatic rings. The second-order valence-electron chi connectivity index (χ2n) is 7.50. The van der Waals surface area contributed by atoms with E-state index in [1.165, 1.54) is 39.1 Å². The van der Waals surface area contributed by atoms with Gasteiger partial charge in [-0.1, -0.05) is 17.4 Å². The van der Waals surface area contributed by atoms with Crippen molar-refractivity contribution in [2.75, 3.05) is 26.8 Å². The van der Waals surface area contributed by atoms with Crippen LogP contribution >= 0.6 is 22.7 Å². The molecule has 1 fully saturated rings. The molecule has 2 aromatic heterocycles. The average molecular weight is 511 g/mol. The Hall–Kier alpha value is -2.45. The van der Waals surface area contributed by atoms with Gasteiger partial charge >= 0.3 is 0 Å². The lowest BCUT2D eigenvalue weighted by Gasteiger charge is -2.29. The van der Waals surface area contributed by atoms with Crippen LogP contribution in [0.2, 0.25) is 0 Å². The zero-order chi connectivity index (χ0) is 23.6. The number of carbonyl (C=O) groups is 1. The first-order valence-electron chi connectivity index (χ1n) is 10.2. The number of hydrogen-bond acceptors (Lipinski definition) is 8. The molecule has 3 aromatic rings. The number of non-ortho nitro benzene ring substituents is 1. The molecular weight excluding hydrogens is 488 g/mol. The molecule has 1 aliphatic heterocycles. The van der Waals surface area contributed by atoms with Crippen LogP contribution in [-0.2, 0) is 26.1 Å². The molecule has 0 N–H and O–H groups in total. The molecule has 0 unspecified atom stereocenters. The van der Waals surface area contributed by atoms with Crippen LogP contribution in [-0.4, -0.2) is 54.9 Å². The van der Waals surface area contributed by atoms with E-state index in [0.717, 1.165) is 4.70 Å². The van der Waals surface area contributed by atoms with Crippen LogP contribution in [0.1, 0.15) is 12.8 Å². The molecule has 4 rings (SSSR count). The lowest BCUT2D eigenvalue weighted by atomic mass is 9.98. The van der Waals surface area contributed by atoms with Gasteiger partial charge in [0.05, 0.1) is 21.7 Å². The summed E-state index contributed by atoms with van der Waals surface area (Å²) in [5.74, 6) is -0.689.